The maximum Gasteiger partial charge on any atom is 0.216 e. The first-order valence-electron chi connectivity index (χ1n) is 7.89. The molecule has 0 radical (unpaired) electrons. The summed E-state index contributed by atoms with van der Waals surface area (Å²) in [5.41, 5.74) is 2.19. The Balaban J connectivity index is 2.66. The largest absolute Gasteiger partial charge is 0.481 e. The molecule has 0 aromatic carbocycles. The minimum atomic E-state index is 0.558. The van der Waals surface area contributed by atoms with E-state index in [0.717, 1.165) is 36.1 Å². The summed E-state index contributed by atoms with van der Waals surface area (Å²) in [5.74, 6) is 1.58. The Morgan fingerprint density at radius 1 is 1.29 bits per heavy atom. The van der Waals surface area contributed by atoms with Gasteiger partial charge in [-0.05, 0) is 26.9 Å². The Morgan fingerprint density at radius 2 is 1.90 bits per heavy atom. The number of ether oxygens (including phenoxy) is 1. The predicted octanol–water partition coefficient (Wildman–Crippen LogP) is 2.19. The molecule has 1 aromatic heterocycles. The normalized spacial score (nSPS) is 13.2. The third-order valence-electron chi connectivity index (χ3n) is 4.39. The molecule has 0 fully saturated rings. The van der Waals surface area contributed by atoms with Gasteiger partial charge < -0.3 is 15.0 Å². The second-order valence-electron chi connectivity index (χ2n) is 5.94. The fourth-order valence-electron chi connectivity index (χ4n) is 3.09. The summed E-state index contributed by atoms with van der Waals surface area (Å²) in [6.45, 7) is 8.37. The van der Waals surface area contributed by atoms with Gasteiger partial charge in [0.25, 0.3) is 0 Å². The van der Waals surface area contributed by atoms with Crippen molar-refractivity contribution < 1.29 is 4.74 Å². The summed E-state index contributed by atoms with van der Waals surface area (Å²) in [6, 6.07) is 0.558. The van der Waals surface area contributed by atoms with Gasteiger partial charge in [-0.25, -0.2) is 4.68 Å². The van der Waals surface area contributed by atoms with Gasteiger partial charge >= 0.3 is 0 Å². The van der Waals surface area contributed by atoms with E-state index in [9.17, 15) is 0 Å². The fourth-order valence-corrected chi connectivity index (χ4v) is 3.09. The first kappa shape index (κ1) is 18.0. The highest BCUT2D eigenvalue weighted by atomic mass is 16.5. The number of nitrogens with zero attached hydrogens (tertiary/aromatic N) is 3. The highest BCUT2D eigenvalue weighted by Gasteiger charge is 2.21. The molecule has 1 rings (SSSR count). The highest BCUT2D eigenvalue weighted by Crippen LogP contribution is 2.21. The second kappa shape index (κ2) is 8.39. The molecule has 1 aromatic rings. The SMILES string of the molecule is CCC(CC)C(CNCc1c(C)nn(C)c1OC)N(C)C. The smallest absolute Gasteiger partial charge is 0.216 e. The molecule has 1 heterocycles. The lowest BCUT2D eigenvalue weighted by molar-refractivity contribution is 0.193. The van der Waals surface area contributed by atoms with Crippen molar-refractivity contribution in [2.75, 3.05) is 27.7 Å². The zero-order valence-electron chi connectivity index (χ0n) is 14.7. The number of aromatic nitrogens is 2. The van der Waals surface area contributed by atoms with E-state index in [-0.39, 0.29) is 0 Å². The van der Waals surface area contributed by atoms with Gasteiger partial charge in [0.15, 0.2) is 0 Å². The average molecular weight is 296 g/mol. The van der Waals surface area contributed by atoms with Crippen LogP contribution in [0.15, 0.2) is 0 Å². The first-order chi connectivity index (χ1) is 9.96. The van der Waals surface area contributed by atoms with Crippen molar-refractivity contribution in [3.63, 3.8) is 0 Å². The first-order valence-corrected chi connectivity index (χ1v) is 7.89. The van der Waals surface area contributed by atoms with E-state index in [1.807, 2.05) is 14.0 Å². The maximum absolute atomic E-state index is 5.44. The predicted molar refractivity (Wildman–Crippen MR) is 87.8 cm³/mol. The standard InChI is InChI=1S/C16H32N4O/c1-8-13(9-2)15(19(4)5)11-17-10-14-12(3)18-20(6)16(14)21-7/h13,15,17H,8-11H2,1-7H3. The van der Waals surface area contributed by atoms with Gasteiger partial charge in [0.05, 0.1) is 18.4 Å². The lowest BCUT2D eigenvalue weighted by atomic mass is 9.93. The van der Waals surface area contributed by atoms with Crippen molar-refractivity contribution >= 4 is 0 Å². The summed E-state index contributed by atoms with van der Waals surface area (Å²) in [7, 11) is 7.95. The van der Waals surface area contributed by atoms with Crippen LogP contribution in [0.1, 0.15) is 37.9 Å². The number of aryl methyl sites for hydroxylation is 2. The van der Waals surface area contributed by atoms with E-state index in [1.165, 1.54) is 12.8 Å². The Hall–Kier alpha value is -1.07. The van der Waals surface area contributed by atoms with E-state index < -0.39 is 0 Å². The minimum absolute atomic E-state index is 0.558. The molecule has 5 nitrogen and oxygen atoms in total. The Labute approximate surface area is 129 Å². The monoisotopic (exact) mass is 296 g/mol. The molecule has 0 saturated carbocycles. The molecule has 0 aliphatic heterocycles. The van der Waals surface area contributed by atoms with Crippen LogP contribution < -0.4 is 10.1 Å². The van der Waals surface area contributed by atoms with Crippen LogP contribution >= 0.6 is 0 Å². The molecule has 0 saturated heterocycles. The zero-order valence-corrected chi connectivity index (χ0v) is 14.7. The van der Waals surface area contributed by atoms with Gasteiger partial charge in [-0.1, -0.05) is 26.7 Å². The van der Waals surface area contributed by atoms with Crippen LogP contribution in [0.2, 0.25) is 0 Å². The Bertz CT molecular complexity index is 424. The van der Waals surface area contributed by atoms with Gasteiger partial charge in [0, 0.05) is 26.2 Å². The van der Waals surface area contributed by atoms with Crippen LogP contribution in [0.4, 0.5) is 0 Å². The molecule has 0 aliphatic rings. The summed E-state index contributed by atoms with van der Waals surface area (Å²) in [6.07, 6.45) is 2.44. The number of hydrogen-bond donors (Lipinski definition) is 1. The van der Waals surface area contributed by atoms with E-state index >= 15 is 0 Å². The van der Waals surface area contributed by atoms with Gasteiger partial charge in [-0.15, -0.1) is 0 Å². The molecule has 0 spiro atoms. The van der Waals surface area contributed by atoms with Crippen molar-refractivity contribution in [3.05, 3.63) is 11.3 Å². The second-order valence-corrected chi connectivity index (χ2v) is 5.94. The van der Waals surface area contributed by atoms with Crippen molar-refractivity contribution in [2.24, 2.45) is 13.0 Å². The molecule has 1 unspecified atom stereocenters. The van der Waals surface area contributed by atoms with Crippen LogP contribution in [-0.2, 0) is 13.6 Å². The number of nitrogens with one attached hydrogen (secondary N) is 1. The average Bonchev–Trinajstić information content (AvgIpc) is 2.71. The van der Waals surface area contributed by atoms with Crippen molar-refractivity contribution in [1.82, 2.24) is 20.0 Å². The lowest BCUT2D eigenvalue weighted by Gasteiger charge is -2.31. The van der Waals surface area contributed by atoms with Crippen molar-refractivity contribution in [1.29, 1.82) is 0 Å². The Morgan fingerprint density at radius 3 is 2.38 bits per heavy atom. The van der Waals surface area contributed by atoms with Crippen LogP contribution in [0.3, 0.4) is 0 Å². The summed E-state index contributed by atoms with van der Waals surface area (Å²) in [5, 5.41) is 8.01. The van der Waals surface area contributed by atoms with Gasteiger partial charge in [-0.3, -0.25) is 0 Å². The minimum Gasteiger partial charge on any atom is -0.481 e. The van der Waals surface area contributed by atoms with E-state index in [0.29, 0.717) is 6.04 Å². The number of likely N-dealkylation sites (N-methyl/N-ethyl adjacent to an activating group) is 1. The third-order valence-corrected chi connectivity index (χ3v) is 4.39. The Kier molecular flexibility index (Phi) is 7.18. The number of rotatable bonds is 9. The molecule has 5 heteroatoms. The van der Waals surface area contributed by atoms with Crippen LogP contribution in [0.25, 0.3) is 0 Å². The number of methoxy groups -OCH3 is 1. The molecule has 0 aliphatic carbocycles. The highest BCUT2D eigenvalue weighted by molar-refractivity contribution is 5.30. The lowest BCUT2D eigenvalue weighted by Crippen LogP contribution is -2.42. The summed E-state index contributed by atoms with van der Waals surface area (Å²) >= 11 is 0. The van der Waals surface area contributed by atoms with Crippen LogP contribution in [0.5, 0.6) is 5.88 Å². The molecule has 122 valence electrons. The molecule has 21 heavy (non-hydrogen) atoms. The number of hydrogen-bond acceptors (Lipinski definition) is 4. The quantitative estimate of drug-likeness (QED) is 0.758. The molecule has 0 amide bonds. The van der Waals surface area contributed by atoms with Crippen LogP contribution in [0, 0.1) is 12.8 Å². The van der Waals surface area contributed by atoms with E-state index in [1.54, 1.807) is 11.8 Å². The van der Waals surface area contributed by atoms with Crippen LogP contribution in [-0.4, -0.2) is 48.5 Å². The fraction of sp³-hybridized carbons (Fsp3) is 0.812. The van der Waals surface area contributed by atoms with E-state index in [2.05, 4.69) is 43.3 Å². The summed E-state index contributed by atoms with van der Waals surface area (Å²) in [4.78, 5) is 2.33. The van der Waals surface area contributed by atoms with Gasteiger partial charge in [-0.2, -0.15) is 5.10 Å². The molecular formula is C16H32N4O. The molecular weight excluding hydrogens is 264 g/mol. The zero-order chi connectivity index (χ0) is 16.0. The van der Waals surface area contributed by atoms with Gasteiger partial charge in [0.2, 0.25) is 5.88 Å². The van der Waals surface area contributed by atoms with Crippen molar-refractivity contribution in [2.45, 2.75) is 46.2 Å². The maximum atomic E-state index is 5.44. The molecule has 0 bridgehead atoms. The van der Waals surface area contributed by atoms with E-state index in [4.69, 9.17) is 4.74 Å². The van der Waals surface area contributed by atoms with Crippen molar-refractivity contribution in [3.8, 4) is 5.88 Å². The molecule has 1 atom stereocenters. The van der Waals surface area contributed by atoms with Gasteiger partial charge in [0.1, 0.15) is 0 Å². The third kappa shape index (κ3) is 4.45. The molecule has 1 N–H and O–H groups in total. The topological polar surface area (TPSA) is 42.3 Å². The summed E-state index contributed by atoms with van der Waals surface area (Å²) < 4.78 is 7.24.